The molecular formula is C20H18F6N2O3S. The number of amides is 2. The fourth-order valence-corrected chi connectivity index (χ4v) is 4.38. The summed E-state index contributed by atoms with van der Waals surface area (Å²) in [4.78, 5) is 14.1. The molecule has 3 rings (SSSR count). The van der Waals surface area contributed by atoms with Crippen molar-refractivity contribution in [3.63, 3.8) is 0 Å². The third kappa shape index (κ3) is 5.34. The van der Waals surface area contributed by atoms with Crippen molar-refractivity contribution in [2.45, 2.75) is 17.7 Å². The maximum atomic E-state index is 13.1. The van der Waals surface area contributed by atoms with Crippen molar-refractivity contribution < 1.29 is 40.6 Å². The molecule has 0 saturated carbocycles. The number of hydrogen-bond donors (Lipinski definition) is 1. The first-order valence-electron chi connectivity index (χ1n) is 9.14. The van der Waals surface area contributed by atoms with Gasteiger partial charge in [-0.25, -0.2) is 4.79 Å². The fraction of sp³-hybridized carbons (Fsp3) is 0.350. The number of alkyl halides is 6. The lowest BCUT2D eigenvalue weighted by atomic mass is 10.1. The number of hydrogen-bond acceptors (Lipinski definition) is 4. The van der Waals surface area contributed by atoms with Gasteiger partial charge in [-0.15, -0.1) is 11.8 Å². The Morgan fingerprint density at radius 3 is 1.94 bits per heavy atom. The summed E-state index contributed by atoms with van der Waals surface area (Å²) < 4.78 is 88.9. The van der Waals surface area contributed by atoms with Gasteiger partial charge in [0.15, 0.2) is 0 Å². The third-order valence-electron chi connectivity index (χ3n) is 4.65. The third-order valence-corrected chi connectivity index (χ3v) is 5.91. The first-order valence-corrected chi connectivity index (χ1v) is 10.2. The predicted octanol–water partition coefficient (Wildman–Crippen LogP) is 6.02. The monoisotopic (exact) mass is 480 g/mol. The molecule has 2 aromatic rings. The zero-order valence-corrected chi connectivity index (χ0v) is 17.6. The number of nitrogens with one attached hydrogen (secondary N) is 1. The smallest absolute Gasteiger partial charge is 0.416 e. The van der Waals surface area contributed by atoms with Crippen molar-refractivity contribution in [2.24, 2.45) is 0 Å². The van der Waals surface area contributed by atoms with E-state index in [4.69, 9.17) is 9.47 Å². The van der Waals surface area contributed by atoms with E-state index in [1.54, 1.807) is 18.2 Å². The summed E-state index contributed by atoms with van der Waals surface area (Å²) in [6.07, 6.45) is -10.0. The minimum atomic E-state index is -5.01. The Morgan fingerprint density at radius 1 is 0.938 bits per heavy atom. The number of benzene rings is 2. The molecule has 0 spiro atoms. The molecule has 1 heterocycles. The van der Waals surface area contributed by atoms with Gasteiger partial charge in [-0.05, 0) is 35.9 Å². The Balaban J connectivity index is 1.90. The molecule has 5 nitrogen and oxygen atoms in total. The van der Waals surface area contributed by atoms with Crippen LogP contribution >= 0.6 is 11.8 Å². The summed E-state index contributed by atoms with van der Waals surface area (Å²) in [5, 5.41) is 1.64. The molecule has 0 bridgehead atoms. The van der Waals surface area contributed by atoms with E-state index in [2.05, 4.69) is 5.32 Å². The highest BCUT2D eigenvalue weighted by Gasteiger charge is 2.38. The van der Waals surface area contributed by atoms with Gasteiger partial charge in [-0.2, -0.15) is 26.3 Å². The van der Waals surface area contributed by atoms with E-state index in [-0.39, 0.29) is 12.6 Å². The van der Waals surface area contributed by atoms with E-state index in [1.165, 1.54) is 30.9 Å². The zero-order valence-electron chi connectivity index (χ0n) is 16.8. The van der Waals surface area contributed by atoms with E-state index in [0.717, 1.165) is 0 Å². The maximum absolute atomic E-state index is 13.1. The molecule has 0 aromatic heterocycles. The predicted molar refractivity (Wildman–Crippen MR) is 107 cm³/mol. The normalized spacial score (nSPS) is 16.8. The number of carbonyl (C=O) groups excluding carboxylic acids is 1. The molecule has 1 fully saturated rings. The first-order chi connectivity index (χ1) is 14.9. The standard InChI is InChI=1S/C20H18F6N2O3S/c1-30-15-5-11(6-16(10-15)31-2)17-28(3-4-32-17)18(29)27-14-8-12(19(21,22)23)7-13(9-14)20(24,25)26/h5-10,17H,3-4H2,1-2H3,(H,27,29). The van der Waals surface area contributed by atoms with Gasteiger partial charge in [0.05, 0.1) is 25.3 Å². The van der Waals surface area contributed by atoms with Gasteiger partial charge < -0.3 is 19.7 Å². The van der Waals surface area contributed by atoms with Crippen LogP contribution in [0.25, 0.3) is 0 Å². The van der Waals surface area contributed by atoms with Gasteiger partial charge in [0, 0.05) is 24.1 Å². The summed E-state index contributed by atoms with van der Waals surface area (Å²) in [6, 6.07) is 5.12. The van der Waals surface area contributed by atoms with Crippen LogP contribution in [0.3, 0.4) is 0 Å². The van der Waals surface area contributed by atoms with Crippen molar-refractivity contribution in [2.75, 3.05) is 31.8 Å². The summed E-state index contributed by atoms with van der Waals surface area (Å²) in [7, 11) is 2.91. The molecule has 32 heavy (non-hydrogen) atoms. The molecule has 1 aliphatic heterocycles. The fourth-order valence-electron chi connectivity index (χ4n) is 3.15. The Labute approximate surface area is 183 Å². The molecule has 12 heteroatoms. The molecule has 1 aliphatic rings. The molecular weight excluding hydrogens is 462 g/mol. The second-order valence-corrected chi connectivity index (χ2v) is 7.98. The highest BCUT2D eigenvalue weighted by Crippen LogP contribution is 2.42. The van der Waals surface area contributed by atoms with Gasteiger partial charge >= 0.3 is 18.4 Å². The lowest BCUT2D eigenvalue weighted by Gasteiger charge is -2.25. The first kappa shape index (κ1) is 23.9. The van der Waals surface area contributed by atoms with Crippen LogP contribution in [0.4, 0.5) is 36.8 Å². The number of urea groups is 1. The SMILES string of the molecule is COc1cc(OC)cc(C2SCCN2C(=O)Nc2cc(C(F)(F)F)cc(C(F)(F)F)c2)c1. The summed E-state index contributed by atoms with van der Waals surface area (Å²) in [5.74, 6) is 1.47. The largest absolute Gasteiger partial charge is 0.497 e. The second kappa shape index (κ2) is 9.00. The topological polar surface area (TPSA) is 50.8 Å². The zero-order chi connectivity index (χ0) is 23.7. The summed E-state index contributed by atoms with van der Waals surface area (Å²) in [6.45, 7) is 0.242. The van der Waals surface area contributed by atoms with Gasteiger partial charge in [-0.3, -0.25) is 0 Å². The average molecular weight is 480 g/mol. The molecule has 0 aliphatic carbocycles. The Kier molecular flexibility index (Phi) is 6.72. The number of rotatable bonds is 4. The molecule has 1 unspecified atom stereocenters. The van der Waals surface area contributed by atoms with E-state index >= 15 is 0 Å². The molecule has 1 atom stereocenters. The van der Waals surface area contributed by atoms with Crippen molar-refractivity contribution in [3.8, 4) is 11.5 Å². The number of halogens is 6. The lowest BCUT2D eigenvalue weighted by molar-refractivity contribution is -0.143. The minimum absolute atomic E-state index is 0.00664. The number of thioether (sulfide) groups is 1. The second-order valence-electron chi connectivity index (χ2n) is 6.79. The molecule has 1 N–H and O–H groups in total. The molecule has 2 amide bonds. The van der Waals surface area contributed by atoms with Crippen LogP contribution in [0.15, 0.2) is 36.4 Å². The van der Waals surface area contributed by atoms with Gasteiger partial charge in [0.25, 0.3) is 0 Å². The van der Waals surface area contributed by atoms with Crippen LogP contribution in [0.2, 0.25) is 0 Å². The van der Waals surface area contributed by atoms with E-state index in [9.17, 15) is 31.1 Å². The minimum Gasteiger partial charge on any atom is -0.497 e. The summed E-state index contributed by atoms with van der Waals surface area (Å²) >= 11 is 1.39. The molecule has 174 valence electrons. The number of anilines is 1. The Hall–Kier alpha value is -2.76. The van der Waals surface area contributed by atoms with E-state index in [1.807, 2.05) is 0 Å². The van der Waals surface area contributed by atoms with Crippen LogP contribution < -0.4 is 14.8 Å². The quantitative estimate of drug-likeness (QED) is 0.544. The highest BCUT2D eigenvalue weighted by molar-refractivity contribution is 7.99. The number of ether oxygens (including phenoxy) is 2. The maximum Gasteiger partial charge on any atom is 0.416 e. The summed E-state index contributed by atoms with van der Waals surface area (Å²) in [5.41, 5.74) is -2.98. The highest BCUT2D eigenvalue weighted by atomic mass is 32.2. The average Bonchev–Trinajstić information content (AvgIpc) is 3.22. The lowest BCUT2D eigenvalue weighted by Crippen LogP contribution is -2.34. The van der Waals surface area contributed by atoms with Crippen molar-refractivity contribution in [1.82, 2.24) is 4.90 Å². The van der Waals surface area contributed by atoms with Crippen molar-refractivity contribution >= 4 is 23.5 Å². The van der Waals surface area contributed by atoms with E-state index in [0.29, 0.717) is 34.9 Å². The Morgan fingerprint density at radius 2 is 1.47 bits per heavy atom. The van der Waals surface area contributed by atoms with Gasteiger partial charge in [0.1, 0.15) is 16.9 Å². The van der Waals surface area contributed by atoms with Crippen LogP contribution in [-0.2, 0) is 12.4 Å². The number of methoxy groups -OCH3 is 2. The number of nitrogens with zero attached hydrogens (tertiary/aromatic N) is 1. The Bertz CT molecular complexity index is 942. The molecule has 1 saturated heterocycles. The van der Waals surface area contributed by atoms with Crippen LogP contribution in [0.1, 0.15) is 22.1 Å². The van der Waals surface area contributed by atoms with Gasteiger partial charge in [-0.1, -0.05) is 0 Å². The van der Waals surface area contributed by atoms with Gasteiger partial charge in [0.2, 0.25) is 0 Å². The van der Waals surface area contributed by atoms with E-state index < -0.39 is 40.6 Å². The molecule has 0 radical (unpaired) electrons. The molecule has 2 aromatic carbocycles. The van der Waals surface area contributed by atoms with Crippen molar-refractivity contribution in [3.05, 3.63) is 53.1 Å². The van der Waals surface area contributed by atoms with Crippen molar-refractivity contribution in [1.29, 1.82) is 0 Å². The van der Waals surface area contributed by atoms with Crippen LogP contribution in [-0.4, -0.2) is 37.4 Å². The number of carbonyl (C=O) groups is 1. The van der Waals surface area contributed by atoms with Crippen LogP contribution in [0, 0.1) is 0 Å². The van der Waals surface area contributed by atoms with Crippen LogP contribution in [0.5, 0.6) is 11.5 Å².